The average molecular weight is 252 g/mol. The Morgan fingerprint density at radius 3 is 2.67 bits per heavy atom. The minimum Gasteiger partial charge on any atom is -0.395 e. The predicted molar refractivity (Wildman–Crippen MR) is 67.1 cm³/mol. The Kier molecular flexibility index (Phi) is 5.07. The van der Waals surface area contributed by atoms with Gasteiger partial charge >= 0.3 is 0 Å². The number of rotatable bonds is 6. The number of nitrogens with one attached hydrogen (secondary N) is 1. The highest BCUT2D eigenvalue weighted by atomic mass is 16.5. The lowest BCUT2D eigenvalue weighted by Gasteiger charge is -2.23. The Bertz CT molecular complexity index is 343. The van der Waals surface area contributed by atoms with Crippen LogP contribution in [0.1, 0.15) is 5.56 Å². The highest BCUT2D eigenvalue weighted by molar-refractivity contribution is 5.11. The van der Waals surface area contributed by atoms with Gasteiger partial charge in [-0.15, -0.1) is 0 Å². The van der Waals surface area contributed by atoms with Crippen LogP contribution in [0.25, 0.3) is 0 Å². The molecule has 0 aromatic carbocycles. The predicted octanol–water partition coefficient (Wildman–Crippen LogP) is -0.418. The largest absolute Gasteiger partial charge is 0.395 e. The molecule has 0 amide bonds. The number of nitrogens with zero attached hydrogens (tertiary/aromatic N) is 1. The van der Waals surface area contributed by atoms with Gasteiger partial charge in [-0.2, -0.15) is 0 Å². The maximum absolute atomic E-state index is 9.09. The number of aliphatic hydroxyl groups is 2. The van der Waals surface area contributed by atoms with E-state index in [1.165, 1.54) is 5.56 Å². The number of hydrogen-bond donors (Lipinski definition) is 3. The van der Waals surface area contributed by atoms with Crippen molar-refractivity contribution < 1.29 is 14.9 Å². The third-order valence-electron chi connectivity index (χ3n) is 3.34. The molecule has 5 nitrogen and oxygen atoms in total. The Morgan fingerprint density at radius 2 is 2.00 bits per heavy atom. The first kappa shape index (κ1) is 13.4. The summed E-state index contributed by atoms with van der Waals surface area (Å²) in [5.41, 5.74) is 1.23. The highest BCUT2D eigenvalue weighted by Crippen LogP contribution is 2.19. The van der Waals surface area contributed by atoms with Crippen LogP contribution in [0, 0.1) is 5.92 Å². The van der Waals surface area contributed by atoms with Crippen LogP contribution < -0.4 is 5.32 Å². The summed E-state index contributed by atoms with van der Waals surface area (Å²) in [6.45, 7) is 1.22. The Morgan fingerprint density at radius 1 is 1.28 bits per heavy atom. The summed E-state index contributed by atoms with van der Waals surface area (Å²) in [5.74, 6) is 0.369. The van der Waals surface area contributed by atoms with Crippen molar-refractivity contribution in [3.8, 4) is 0 Å². The monoisotopic (exact) mass is 252 g/mol. The van der Waals surface area contributed by atoms with Gasteiger partial charge in [0.05, 0.1) is 32.5 Å². The maximum Gasteiger partial charge on any atom is 0.0623 e. The lowest BCUT2D eigenvalue weighted by Crippen LogP contribution is -2.46. The van der Waals surface area contributed by atoms with Gasteiger partial charge in [-0.1, -0.05) is 0 Å². The summed E-state index contributed by atoms with van der Waals surface area (Å²) < 4.78 is 5.49. The zero-order valence-corrected chi connectivity index (χ0v) is 10.3. The Balaban J connectivity index is 1.91. The molecule has 2 rings (SSSR count). The first-order valence-electron chi connectivity index (χ1n) is 6.28. The van der Waals surface area contributed by atoms with E-state index in [-0.39, 0.29) is 25.3 Å². The van der Waals surface area contributed by atoms with Gasteiger partial charge in [0.2, 0.25) is 0 Å². The smallest absolute Gasteiger partial charge is 0.0623 e. The third-order valence-corrected chi connectivity index (χ3v) is 3.34. The summed E-state index contributed by atoms with van der Waals surface area (Å²) in [6.07, 6.45) is 4.50. The second kappa shape index (κ2) is 6.80. The number of ether oxygens (including phenoxy) is 1. The summed E-state index contributed by atoms with van der Waals surface area (Å²) in [7, 11) is 0. The summed E-state index contributed by atoms with van der Waals surface area (Å²) in [5, 5.41) is 21.4. The lowest BCUT2D eigenvalue weighted by molar-refractivity contribution is 0.150. The van der Waals surface area contributed by atoms with Gasteiger partial charge < -0.3 is 20.3 Å². The summed E-state index contributed by atoms with van der Waals surface area (Å²) >= 11 is 0. The van der Waals surface area contributed by atoms with E-state index in [4.69, 9.17) is 14.9 Å². The molecule has 0 unspecified atom stereocenters. The number of pyridine rings is 1. The van der Waals surface area contributed by atoms with Crippen molar-refractivity contribution >= 4 is 0 Å². The number of aromatic nitrogens is 1. The van der Waals surface area contributed by atoms with E-state index in [0.717, 1.165) is 6.42 Å². The van der Waals surface area contributed by atoms with Crippen molar-refractivity contribution in [3.05, 3.63) is 30.1 Å². The van der Waals surface area contributed by atoms with E-state index < -0.39 is 0 Å². The van der Waals surface area contributed by atoms with Crippen LogP contribution in [-0.2, 0) is 11.2 Å². The van der Waals surface area contributed by atoms with Crippen LogP contribution in [0.15, 0.2) is 24.5 Å². The minimum absolute atomic E-state index is 0.0605. The fourth-order valence-electron chi connectivity index (χ4n) is 2.27. The minimum atomic E-state index is -0.267. The van der Waals surface area contributed by atoms with Gasteiger partial charge in [-0.05, 0) is 24.1 Å². The molecular formula is C13H20N2O3. The van der Waals surface area contributed by atoms with Crippen molar-refractivity contribution in [1.29, 1.82) is 0 Å². The molecule has 100 valence electrons. The molecular weight excluding hydrogens is 232 g/mol. The van der Waals surface area contributed by atoms with Crippen LogP contribution in [0.2, 0.25) is 0 Å². The maximum atomic E-state index is 9.09. The zero-order chi connectivity index (χ0) is 12.8. The van der Waals surface area contributed by atoms with Crippen molar-refractivity contribution in [2.75, 3.05) is 26.4 Å². The summed E-state index contributed by atoms with van der Waals surface area (Å²) in [6, 6.07) is 3.93. The SMILES string of the molecule is OCC(CO)N[C@@H]1COC[C@H]1Cc1ccncc1. The van der Waals surface area contributed by atoms with E-state index in [9.17, 15) is 0 Å². The van der Waals surface area contributed by atoms with E-state index in [2.05, 4.69) is 10.3 Å². The molecule has 0 bridgehead atoms. The quantitative estimate of drug-likeness (QED) is 0.641. The van der Waals surface area contributed by atoms with Gasteiger partial charge in [0.25, 0.3) is 0 Å². The molecule has 1 fully saturated rings. The van der Waals surface area contributed by atoms with Crippen molar-refractivity contribution in [3.63, 3.8) is 0 Å². The van der Waals surface area contributed by atoms with Crippen molar-refractivity contribution in [2.24, 2.45) is 5.92 Å². The normalized spacial score (nSPS) is 23.7. The molecule has 18 heavy (non-hydrogen) atoms. The molecule has 1 saturated heterocycles. The van der Waals surface area contributed by atoms with Gasteiger partial charge in [0.15, 0.2) is 0 Å². The molecule has 1 aromatic heterocycles. The molecule has 0 spiro atoms. The molecule has 0 aliphatic carbocycles. The molecule has 2 heterocycles. The van der Waals surface area contributed by atoms with Crippen molar-refractivity contribution in [1.82, 2.24) is 10.3 Å². The van der Waals surface area contributed by atoms with Crippen LogP contribution in [-0.4, -0.2) is 53.7 Å². The van der Waals surface area contributed by atoms with Gasteiger partial charge in [-0.25, -0.2) is 0 Å². The van der Waals surface area contributed by atoms with Crippen molar-refractivity contribution in [2.45, 2.75) is 18.5 Å². The Labute approximate surface area is 107 Å². The Hall–Kier alpha value is -1.01. The standard InChI is InChI=1S/C13H20N2O3/c16-6-12(7-17)15-13-9-18-8-11(13)5-10-1-3-14-4-2-10/h1-4,11-13,15-17H,5-9H2/t11-,13-/m1/s1. The fraction of sp³-hybridized carbons (Fsp3) is 0.615. The van der Waals surface area contributed by atoms with E-state index in [1.807, 2.05) is 12.1 Å². The fourth-order valence-corrected chi connectivity index (χ4v) is 2.27. The van der Waals surface area contributed by atoms with Gasteiger partial charge in [-0.3, -0.25) is 4.98 Å². The van der Waals surface area contributed by atoms with E-state index in [1.54, 1.807) is 12.4 Å². The van der Waals surface area contributed by atoms with Gasteiger partial charge in [0.1, 0.15) is 0 Å². The second-order valence-corrected chi connectivity index (χ2v) is 4.69. The van der Waals surface area contributed by atoms with Crippen LogP contribution >= 0.6 is 0 Å². The van der Waals surface area contributed by atoms with E-state index in [0.29, 0.717) is 19.1 Å². The number of hydrogen-bond acceptors (Lipinski definition) is 5. The van der Waals surface area contributed by atoms with Crippen LogP contribution in [0.5, 0.6) is 0 Å². The summed E-state index contributed by atoms with van der Waals surface area (Å²) in [4.78, 5) is 4.00. The molecule has 5 heteroatoms. The highest BCUT2D eigenvalue weighted by Gasteiger charge is 2.29. The second-order valence-electron chi connectivity index (χ2n) is 4.69. The molecule has 2 atom stereocenters. The zero-order valence-electron chi connectivity index (χ0n) is 10.3. The topological polar surface area (TPSA) is 74.6 Å². The average Bonchev–Trinajstić information content (AvgIpc) is 2.84. The first-order chi connectivity index (χ1) is 8.83. The first-order valence-corrected chi connectivity index (χ1v) is 6.28. The third kappa shape index (κ3) is 3.49. The molecule has 1 aliphatic rings. The van der Waals surface area contributed by atoms with Gasteiger partial charge in [0, 0.05) is 24.4 Å². The van der Waals surface area contributed by atoms with E-state index >= 15 is 0 Å². The van der Waals surface area contributed by atoms with Crippen LogP contribution in [0.3, 0.4) is 0 Å². The van der Waals surface area contributed by atoms with Crippen LogP contribution in [0.4, 0.5) is 0 Å². The molecule has 1 aliphatic heterocycles. The number of aliphatic hydroxyl groups excluding tert-OH is 2. The molecule has 3 N–H and O–H groups in total. The molecule has 1 aromatic rings. The molecule has 0 radical (unpaired) electrons. The molecule has 0 saturated carbocycles. The lowest BCUT2D eigenvalue weighted by atomic mass is 9.95.